The highest BCUT2D eigenvalue weighted by atomic mass is 16.5. The number of ether oxygens (including phenoxy) is 3. The lowest BCUT2D eigenvalue weighted by Gasteiger charge is -2.34. The molecule has 0 aliphatic rings. The van der Waals surface area contributed by atoms with Crippen molar-refractivity contribution in [2.75, 3.05) is 20.8 Å². The maximum absolute atomic E-state index is 12.4. The van der Waals surface area contributed by atoms with Crippen molar-refractivity contribution in [2.24, 2.45) is 0 Å². The number of benzene rings is 2. The maximum Gasteiger partial charge on any atom is 0.341 e. The van der Waals surface area contributed by atoms with Gasteiger partial charge in [-0.05, 0) is 23.3 Å². The van der Waals surface area contributed by atoms with Gasteiger partial charge in [-0.3, -0.25) is 9.59 Å². The number of methoxy groups -OCH3 is 2. The van der Waals surface area contributed by atoms with Crippen molar-refractivity contribution in [1.82, 2.24) is 4.90 Å². The van der Waals surface area contributed by atoms with Crippen LogP contribution in [0.25, 0.3) is 0 Å². The van der Waals surface area contributed by atoms with E-state index in [1.165, 1.54) is 0 Å². The summed E-state index contributed by atoms with van der Waals surface area (Å²) >= 11 is 0. The van der Waals surface area contributed by atoms with Gasteiger partial charge < -0.3 is 19.1 Å². The molecular weight excluding hydrogens is 362 g/mol. The number of hydrogen-bond donors (Lipinski definition) is 0. The molecule has 0 heterocycles. The Kier molecular flexibility index (Phi) is 7.71. The van der Waals surface area contributed by atoms with Crippen LogP contribution in [0, 0.1) is 0 Å². The summed E-state index contributed by atoms with van der Waals surface area (Å²) in [5.74, 6) is -0.210. The Morgan fingerprint density at radius 2 is 1.68 bits per heavy atom. The predicted molar refractivity (Wildman–Crippen MR) is 102 cm³/mol. The number of amides is 1. The van der Waals surface area contributed by atoms with Crippen LogP contribution in [0.3, 0.4) is 0 Å². The van der Waals surface area contributed by atoms with Gasteiger partial charge in [0, 0.05) is 6.54 Å². The number of rotatable bonds is 11. The molecule has 2 aromatic carbocycles. The number of hydrogen-bond acceptors (Lipinski definition) is 6. The molecule has 0 radical (unpaired) electrons. The van der Waals surface area contributed by atoms with E-state index in [1.807, 2.05) is 30.3 Å². The smallest absolute Gasteiger partial charge is 0.341 e. The summed E-state index contributed by atoms with van der Waals surface area (Å²) < 4.78 is 15.5. The highest BCUT2D eigenvalue weighted by Crippen LogP contribution is 2.20. The molecule has 1 unspecified atom stereocenters. The molecular formula is C21H23NO6. The molecule has 0 fully saturated rings. The molecule has 1 atom stereocenters. The SMILES string of the molecule is COC(=O)C(C=O)(COCc1ccccc1)N(C=O)Cc1ccc(OC)cc1. The van der Waals surface area contributed by atoms with E-state index in [0.29, 0.717) is 24.0 Å². The van der Waals surface area contributed by atoms with Crippen LogP contribution >= 0.6 is 0 Å². The molecule has 0 saturated carbocycles. The number of aldehydes is 1. The van der Waals surface area contributed by atoms with Crippen molar-refractivity contribution >= 4 is 18.7 Å². The van der Waals surface area contributed by atoms with Gasteiger partial charge in [0.15, 0.2) is 6.29 Å². The first kappa shape index (κ1) is 21.1. The first-order chi connectivity index (χ1) is 13.6. The van der Waals surface area contributed by atoms with Gasteiger partial charge in [0.2, 0.25) is 11.9 Å². The highest BCUT2D eigenvalue weighted by molar-refractivity contribution is 6.00. The predicted octanol–water partition coefficient (Wildman–Crippen LogP) is 1.98. The second-order valence-electron chi connectivity index (χ2n) is 6.09. The second-order valence-corrected chi connectivity index (χ2v) is 6.09. The van der Waals surface area contributed by atoms with Crippen LogP contribution in [-0.4, -0.2) is 49.9 Å². The van der Waals surface area contributed by atoms with Gasteiger partial charge in [-0.2, -0.15) is 0 Å². The summed E-state index contributed by atoms with van der Waals surface area (Å²) in [5, 5.41) is 0. The molecule has 0 N–H and O–H groups in total. The topological polar surface area (TPSA) is 82.1 Å². The zero-order valence-corrected chi connectivity index (χ0v) is 15.9. The van der Waals surface area contributed by atoms with Gasteiger partial charge in [0.05, 0.1) is 27.4 Å². The first-order valence-corrected chi connectivity index (χ1v) is 8.61. The Bertz CT molecular complexity index is 777. The lowest BCUT2D eigenvalue weighted by molar-refractivity contribution is -0.165. The molecule has 7 nitrogen and oxygen atoms in total. The largest absolute Gasteiger partial charge is 0.497 e. The Hall–Kier alpha value is -3.19. The molecule has 0 aliphatic heterocycles. The lowest BCUT2D eigenvalue weighted by Crippen LogP contribution is -2.59. The fourth-order valence-corrected chi connectivity index (χ4v) is 2.68. The summed E-state index contributed by atoms with van der Waals surface area (Å²) in [6, 6.07) is 16.2. The summed E-state index contributed by atoms with van der Waals surface area (Å²) in [7, 11) is 2.71. The van der Waals surface area contributed by atoms with Crippen molar-refractivity contribution in [3.8, 4) is 5.75 Å². The van der Waals surface area contributed by atoms with Crippen molar-refractivity contribution in [2.45, 2.75) is 18.7 Å². The molecule has 0 saturated heterocycles. The molecule has 28 heavy (non-hydrogen) atoms. The van der Waals surface area contributed by atoms with E-state index in [4.69, 9.17) is 14.2 Å². The standard InChI is InChI=1S/C21H23NO6/c1-26-19-10-8-17(9-11-19)12-22(16-24)21(14-23,20(25)27-2)15-28-13-18-6-4-3-5-7-18/h3-11,14,16H,12-13,15H2,1-2H3. The lowest BCUT2D eigenvalue weighted by atomic mass is 9.99. The van der Waals surface area contributed by atoms with Crippen LogP contribution < -0.4 is 4.74 Å². The minimum atomic E-state index is -1.88. The van der Waals surface area contributed by atoms with Crippen LogP contribution in [0.4, 0.5) is 0 Å². The number of carbonyl (C=O) groups is 3. The molecule has 148 valence electrons. The number of nitrogens with zero attached hydrogens (tertiary/aromatic N) is 1. The van der Waals surface area contributed by atoms with Gasteiger partial charge in [0.1, 0.15) is 5.75 Å². The normalized spacial score (nSPS) is 12.5. The summed E-state index contributed by atoms with van der Waals surface area (Å²) in [4.78, 5) is 37.3. The minimum Gasteiger partial charge on any atom is -0.497 e. The van der Waals surface area contributed by atoms with Crippen molar-refractivity contribution in [3.05, 3.63) is 65.7 Å². The highest BCUT2D eigenvalue weighted by Gasteiger charge is 2.46. The summed E-state index contributed by atoms with van der Waals surface area (Å²) in [5.41, 5.74) is -0.295. The number of carbonyl (C=O) groups excluding carboxylic acids is 3. The average molecular weight is 385 g/mol. The Balaban J connectivity index is 2.20. The minimum absolute atomic E-state index is 0.0238. The molecule has 0 bridgehead atoms. The fourth-order valence-electron chi connectivity index (χ4n) is 2.68. The molecule has 0 spiro atoms. The van der Waals surface area contributed by atoms with E-state index in [9.17, 15) is 14.4 Å². The van der Waals surface area contributed by atoms with Gasteiger partial charge in [-0.15, -0.1) is 0 Å². The monoisotopic (exact) mass is 385 g/mol. The van der Waals surface area contributed by atoms with Crippen LogP contribution in [0.5, 0.6) is 5.75 Å². The molecule has 0 aliphatic carbocycles. The quantitative estimate of drug-likeness (QED) is 0.334. The van der Waals surface area contributed by atoms with E-state index < -0.39 is 11.5 Å². The maximum atomic E-state index is 12.4. The van der Waals surface area contributed by atoms with Crippen LogP contribution in [0.2, 0.25) is 0 Å². The first-order valence-electron chi connectivity index (χ1n) is 8.61. The van der Waals surface area contributed by atoms with Crippen molar-refractivity contribution in [1.29, 1.82) is 0 Å². The Morgan fingerprint density at radius 1 is 1.00 bits per heavy atom. The third kappa shape index (κ3) is 4.95. The fraction of sp³-hybridized carbons (Fsp3) is 0.286. The molecule has 0 aromatic heterocycles. The van der Waals surface area contributed by atoms with Crippen molar-refractivity contribution in [3.63, 3.8) is 0 Å². The third-order valence-corrected chi connectivity index (χ3v) is 4.32. The summed E-state index contributed by atoms with van der Waals surface area (Å²) in [6.45, 7) is -0.119. The number of esters is 1. The molecule has 2 aromatic rings. The van der Waals surface area contributed by atoms with Gasteiger partial charge >= 0.3 is 5.97 Å². The van der Waals surface area contributed by atoms with E-state index in [-0.39, 0.29) is 19.8 Å². The Labute approximate surface area is 163 Å². The van der Waals surface area contributed by atoms with E-state index >= 15 is 0 Å². The van der Waals surface area contributed by atoms with Crippen molar-refractivity contribution < 1.29 is 28.6 Å². The zero-order chi connectivity index (χ0) is 20.4. The van der Waals surface area contributed by atoms with E-state index in [0.717, 1.165) is 17.6 Å². The molecule has 7 heteroatoms. The molecule has 1 amide bonds. The van der Waals surface area contributed by atoms with E-state index in [2.05, 4.69) is 0 Å². The Morgan fingerprint density at radius 3 is 2.21 bits per heavy atom. The molecule has 2 rings (SSSR count). The van der Waals surface area contributed by atoms with Gasteiger partial charge in [-0.1, -0.05) is 42.5 Å². The van der Waals surface area contributed by atoms with Crippen LogP contribution in [-0.2, 0) is 37.0 Å². The third-order valence-electron chi connectivity index (χ3n) is 4.32. The van der Waals surface area contributed by atoms with Gasteiger partial charge in [0.25, 0.3) is 0 Å². The van der Waals surface area contributed by atoms with Crippen LogP contribution in [0.15, 0.2) is 54.6 Å². The second kappa shape index (κ2) is 10.2. The summed E-state index contributed by atoms with van der Waals surface area (Å²) in [6.07, 6.45) is 0.836. The van der Waals surface area contributed by atoms with E-state index in [1.54, 1.807) is 31.4 Å². The zero-order valence-electron chi connectivity index (χ0n) is 15.9. The van der Waals surface area contributed by atoms with Crippen LogP contribution in [0.1, 0.15) is 11.1 Å². The van der Waals surface area contributed by atoms with Gasteiger partial charge in [-0.25, -0.2) is 4.79 Å². The average Bonchev–Trinajstić information content (AvgIpc) is 2.76.